The maximum atomic E-state index is 13.0. The first kappa shape index (κ1) is 17.3. The fourth-order valence-electron chi connectivity index (χ4n) is 1.53. The lowest BCUT2D eigenvalue weighted by Crippen LogP contribution is -2.62. The molecule has 1 rings (SSSR count). The van der Waals surface area contributed by atoms with Gasteiger partial charge < -0.3 is 15.1 Å². The van der Waals surface area contributed by atoms with Gasteiger partial charge in [0.1, 0.15) is 0 Å². The quantitative estimate of drug-likeness (QED) is 0.656. The molecule has 4 nitrogen and oxygen atoms in total. The number of amides is 1. The molecule has 1 amide bonds. The third-order valence-electron chi connectivity index (χ3n) is 2.68. The van der Waals surface area contributed by atoms with Crippen molar-refractivity contribution < 1.29 is 37.0 Å². The molecule has 0 atom stereocenters. The molecule has 9 heteroatoms. The minimum absolute atomic E-state index is 0.00567. The Bertz CT molecular complexity index is 501. The van der Waals surface area contributed by atoms with Crippen molar-refractivity contribution in [3.8, 4) is 0 Å². The van der Waals surface area contributed by atoms with Crippen molar-refractivity contribution >= 4 is 5.91 Å². The zero-order valence-corrected chi connectivity index (χ0v) is 10.7. The molecule has 1 aromatic rings. The van der Waals surface area contributed by atoms with Crippen molar-refractivity contribution in [2.45, 2.75) is 17.9 Å². The largest absolute Gasteiger partial charge is 0.459 e. The van der Waals surface area contributed by atoms with Crippen LogP contribution in [0.2, 0.25) is 0 Å². The Morgan fingerprint density at radius 2 is 1.57 bits per heavy atom. The van der Waals surface area contributed by atoms with Crippen LogP contribution in [-0.2, 0) is 0 Å². The predicted molar refractivity (Wildman–Crippen MR) is 61.6 cm³/mol. The lowest BCUT2D eigenvalue weighted by atomic mass is 10.1. The van der Waals surface area contributed by atoms with Gasteiger partial charge in [-0.25, -0.2) is 0 Å². The highest BCUT2D eigenvalue weighted by Gasteiger charge is 2.70. The molecule has 0 aromatic heterocycles. The summed E-state index contributed by atoms with van der Waals surface area (Å²) in [6, 6.07) is 7.08. The number of hydrogen-bond donors (Lipinski definition) is 2. The van der Waals surface area contributed by atoms with E-state index in [1.807, 2.05) is 0 Å². The molecule has 0 radical (unpaired) electrons. The molecule has 2 N–H and O–H groups in total. The topological polar surface area (TPSA) is 60.8 Å². The number of likely N-dealkylation sites (N-methyl/N-ethyl adjacent to an activating group) is 1. The van der Waals surface area contributed by atoms with Gasteiger partial charge in [0.25, 0.3) is 11.7 Å². The molecule has 0 unspecified atom stereocenters. The molecule has 0 bridgehead atoms. The van der Waals surface area contributed by atoms with E-state index in [4.69, 9.17) is 10.2 Å². The molecule has 0 spiro atoms. The van der Waals surface area contributed by atoms with E-state index >= 15 is 0 Å². The summed E-state index contributed by atoms with van der Waals surface area (Å²) < 4.78 is 62.3. The second kappa shape index (κ2) is 5.57. The Morgan fingerprint density at radius 3 is 2.00 bits per heavy atom. The minimum Gasteiger partial charge on any atom is -0.359 e. The number of nitrogens with zero attached hydrogens (tertiary/aromatic N) is 1. The van der Waals surface area contributed by atoms with E-state index in [1.54, 1.807) is 6.07 Å². The summed E-state index contributed by atoms with van der Waals surface area (Å²) in [7, 11) is 0.878. The number of benzene rings is 1. The van der Waals surface area contributed by atoms with Gasteiger partial charge in [0.15, 0.2) is 0 Å². The van der Waals surface area contributed by atoms with Gasteiger partial charge in [-0.15, -0.1) is 0 Å². The van der Waals surface area contributed by atoms with E-state index in [1.165, 1.54) is 24.3 Å². The third kappa shape index (κ3) is 3.48. The minimum atomic E-state index is -6.16. The Labute approximate surface area is 116 Å². The van der Waals surface area contributed by atoms with Crippen molar-refractivity contribution in [1.82, 2.24) is 4.90 Å². The lowest BCUT2D eigenvalue weighted by Gasteiger charge is -2.34. The van der Waals surface area contributed by atoms with Crippen LogP contribution in [0.1, 0.15) is 10.4 Å². The second-order valence-corrected chi connectivity index (χ2v) is 4.42. The molecule has 1 aromatic carbocycles. The fourth-order valence-corrected chi connectivity index (χ4v) is 1.53. The predicted octanol–water partition coefficient (Wildman–Crippen LogP) is 1.64. The highest BCUT2D eigenvalue weighted by molar-refractivity contribution is 5.94. The van der Waals surface area contributed by atoms with Crippen molar-refractivity contribution in [3.05, 3.63) is 35.9 Å². The molecule has 0 saturated heterocycles. The van der Waals surface area contributed by atoms with Crippen LogP contribution in [0, 0.1) is 0 Å². The smallest absolute Gasteiger partial charge is 0.359 e. The summed E-state index contributed by atoms with van der Waals surface area (Å²) in [5.74, 6) is -11.2. The summed E-state index contributed by atoms with van der Waals surface area (Å²) in [6.07, 6.45) is -6.16. The number of hydrogen-bond acceptors (Lipinski definition) is 3. The zero-order chi connectivity index (χ0) is 16.5. The summed E-state index contributed by atoms with van der Waals surface area (Å²) >= 11 is 0. The monoisotopic (exact) mass is 313 g/mol. The van der Waals surface area contributed by atoms with Gasteiger partial charge in [-0.1, -0.05) is 18.2 Å². The number of halogens is 5. The van der Waals surface area contributed by atoms with E-state index < -0.39 is 30.3 Å². The molecule has 0 heterocycles. The van der Waals surface area contributed by atoms with Crippen molar-refractivity contribution in [2.75, 3.05) is 13.6 Å². The fraction of sp³-hybridized carbons (Fsp3) is 0.417. The highest BCUT2D eigenvalue weighted by atomic mass is 19.4. The summed E-state index contributed by atoms with van der Waals surface area (Å²) in [4.78, 5) is 12.1. The number of rotatable bonds is 4. The van der Waals surface area contributed by atoms with Crippen LogP contribution in [0.5, 0.6) is 0 Å². The maximum Gasteiger partial charge on any atom is 0.459 e. The Kier molecular flexibility index (Phi) is 4.59. The van der Waals surface area contributed by atoms with Crippen LogP contribution in [-0.4, -0.2) is 52.5 Å². The molecule has 21 heavy (non-hydrogen) atoms. The zero-order valence-electron chi connectivity index (χ0n) is 10.7. The van der Waals surface area contributed by atoms with Gasteiger partial charge in [0.2, 0.25) is 0 Å². The molecule has 0 aliphatic rings. The van der Waals surface area contributed by atoms with Gasteiger partial charge in [0.05, 0.1) is 6.54 Å². The van der Waals surface area contributed by atoms with E-state index in [9.17, 15) is 26.7 Å². The summed E-state index contributed by atoms with van der Waals surface area (Å²) in [6.45, 7) is -1.62. The average Bonchev–Trinajstić information content (AvgIpc) is 2.36. The van der Waals surface area contributed by atoms with Crippen LogP contribution in [0.25, 0.3) is 0 Å². The maximum absolute atomic E-state index is 13.0. The van der Waals surface area contributed by atoms with Crippen LogP contribution in [0.15, 0.2) is 30.3 Å². The first-order chi connectivity index (χ1) is 9.40. The van der Waals surface area contributed by atoms with E-state index in [0.717, 1.165) is 7.05 Å². The Balaban J connectivity index is 2.92. The summed E-state index contributed by atoms with van der Waals surface area (Å²) in [5.41, 5.74) is 0.00567. The number of carbonyl (C=O) groups excluding carboxylic acids is 1. The second-order valence-electron chi connectivity index (χ2n) is 4.42. The standard InChI is InChI=1S/C12H12F5NO3/c1-18(9(19)8-5-3-2-4-6-8)7-10(20,21)11(13,14)12(15,16)17/h2-6,20-21H,7H2,1H3. The van der Waals surface area contributed by atoms with Gasteiger partial charge in [-0.2, -0.15) is 22.0 Å². The number of aliphatic hydroxyl groups is 2. The third-order valence-corrected chi connectivity index (χ3v) is 2.68. The lowest BCUT2D eigenvalue weighted by molar-refractivity contribution is -0.394. The normalized spacial score (nSPS) is 13.1. The molecule has 0 saturated carbocycles. The van der Waals surface area contributed by atoms with Gasteiger partial charge in [0, 0.05) is 12.6 Å². The summed E-state index contributed by atoms with van der Waals surface area (Å²) in [5, 5.41) is 18.1. The molecule has 0 fully saturated rings. The molecule has 118 valence electrons. The van der Waals surface area contributed by atoms with Crippen molar-refractivity contribution in [3.63, 3.8) is 0 Å². The number of alkyl halides is 5. The van der Waals surface area contributed by atoms with Gasteiger partial charge >= 0.3 is 12.1 Å². The van der Waals surface area contributed by atoms with Crippen molar-refractivity contribution in [2.24, 2.45) is 0 Å². The molecular weight excluding hydrogens is 301 g/mol. The number of carbonyl (C=O) groups is 1. The first-order valence-corrected chi connectivity index (χ1v) is 5.60. The average molecular weight is 313 g/mol. The van der Waals surface area contributed by atoms with Crippen molar-refractivity contribution in [1.29, 1.82) is 0 Å². The Hall–Kier alpha value is -1.74. The molecular formula is C12H12F5NO3. The van der Waals surface area contributed by atoms with Crippen LogP contribution in [0.3, 0.4) is 0 Å². The van der Waals surface area contributed by atoms with Crippen LogP contribution < -0.4 is 0 Å². The Morgan fingerprint density at radius 1 is 1.10 bits per heavy atom. The first-order valence-electron chi connectivity index (χ1n) is 5.60. The van der Waals surface area contributed by atoms with E-state index in [0.29, 0.717) is 4.90 Å². The van der Waals surface area contributed by atoms with Crippen LogP contribution in [0.4, 0.5) is 22.0 Å². The SMILES string of the molecule is CN(CC(O)(O)C(F)(F)C(F)(F)F)C(=O)c1ccccc1. The van der Waals surface area contributed by atoms with E-state index in [2.05, 4.69) is 0 Å². The van der Waals surface area contributed by atoms with E-state index in [-0.39, 0.29) is 5.56 Å². The van der Waals surface area contributed by atoms with Gasteiger partial charge in [-0.05, 0) is 12.1 Å². The molecule has 0 aliphatic carbocycles. The van der Waals surface area contributed by atoms with Gasteiger partial charge in [-0.3, -0.25) is 4.79 Å². The van der Waals surface area contributed by atoms with Crippen LogP contribution >= 0.6 is 0 Å². The molecule has 0 aliphatic heterocycles. The highest BCUT2D eigenvalue weighted by Crippen LogP contribution is 2.42.